The minimum Gasteiger partial charge on any atom is -0.382 e. The average Bonchev–Trinajstić information content (AvgIpc) is 2.23. The highest BCUT2D eigenvalue weighted by Gasteiger charge is 2.24. The highest BCUT2D eigenvalue weighted by Crippen LogP contribution is 2.16. The van der Waals surface area contributed by atoms with Crippen LogP contribution in [0.25, 0.3) is 0 Å². The molecular formula is C9H18ClIO3. The zero-order valence-corrected chi connectivity index (χ0v) is 11.8. The molecule has 0 amide bonds. The van der Waals surface area contributed by atoms with Crippen LogP contribution in [0.15, 0.2) is 0 Å². The molecule has 0 aliphatic carbocycles. The number of hydrogen-bond acceptors (Lipinski definition) is 3. The maximum absolute atomic E-state index is 5.81. The molecule has 0 aliphatic rings. The van der Waals surface area contributed by atoms with Crippen molar-refractivity contribution in [3.8, 4) is 0 Å². The standard InChI is InChI=1S/C9H18ClIO3/c1-9(6-10,7-11)14-5-8(13-3)4-12-2/h8H,4-7H2,1-3H3. The molecular weight excluding hydrogens is 318 g/mol. The molecule has 0 heterocycles. The number of rotatable bonds is 8. The van der Waals surface area contributed by atoms with Crippen molar-refractivity contribution in [2.75, 3.05) is 37.7 Å². The Labute approximate surface area is 105 Å². The highest BCUT2D eigenvalue weighted by atomic mass is 127. The quantitative estimate of drug-likeness (QED) is 0.502. The fraction of sp³-hybridized carbons (Fsp3) is 1.00. The third kappa shape index (κ3) is 5.70. The summed E-state index contributed by atoms with van der Waals surface area (Å²) in [5.74, 6) is 0.485. The van der Waals surface area contributed by atoms with E-state index in [1.54, 1.807) is 14.2 Å². The van der Waals surface area contributed by atoms with Crippen molar-refractivity contribution in [2.45, 2.75) is 18.6 Å². The molecule has 0 fully saturated rings. The van der Waals surface area contributed by atoms with E-state index in [9.17, 15) is 0 Å². The molecule has 2 atom stereocenters. The molecule has 0 aromatic rings. The van der Waals surface area contributed by atoms with E-state index in [0.717, 1.165) is 4.43 Å². The predicted molar refractivity (Wildman–Crippen MR) is 66.6 cm³/mol. The maximum atomic E-state index is 5.81. The van der Waals surface area contributed by atoms with E-state index in [-0.39, 0.29) is 11.7 Å². The molecule has 0 bridgehead atoms. The van der Waals surface area contributed by atoms with Gasteiger partial charge in [0, 0.05) is 18.6 Å². The second-order valence-corrected chi connectivity index (χ2v) is 4.37. The van der Waals surface area contributed by atoms with Gasteiger partial charge in [-0.3, -0.25) is 0 Å². The summed E-state index contributed by atoms with van der Waals surface area (Å²) in [7, 11) is 3.29. The van der Waals surface area contributed by atoms with Gasteiger partial charge in [-0.1, -0.05) is 22.6 Å². The molecule has 14 heavy (non-hydrogen) atoms. The lowest BCUT2D eigenvalue weighted by Crippen LogP contribution is -2.37. The van der Waals surface area contributed by atoms with Crippen LogP contribution in [0.3, 0.4) is 0 Å². The van der Waals surface area contributed by atoms with Gasteiger partial charge in [0.25, 0.3) is 0 Å². The fourth-order valence-corrected chi connectivity index (χ4v) is 1.76. The summed E-state index contributed by atoms with van der Waals surface area (Å²) >= 11 is 8.08. The van der Waals surface area contributed by atoms with Gasteiger partial charge in [-0.05, 0) is 6.92 Å². The summed E-state index contributed by atoms with van der Waals surface area (Å²) in [4.78, 5) is 0. The molecule has 0 aromatic carbocycles. The smallest absolute Gasteiger partial charge is 0.104 e. The van der Waals surface area contributed by atoms with Gasteiger partial charge >= 0.3 is 0 Å². The maximum Gasteiger partial charge on any atom is 0.104 e. The van der Waals surface area contributed by atoms with Gasteiger partial charge in [-0.25, -0.2) is 0 Å². The molecule has 0 saturated heterocycles. The van der Waals surface area contributed by atoms with E-state index in [0.29, 0.717) is 19.1 Å². The number of halogens is 2. The van der Waals surface area contributed by atoms with Crippen LogP contribution in [0, 0.1) is 0 Å². The molecule has 3 nitrogen and oxygen atoms in total. The first kappa shape index (κ1) is 14.9. The van der Waals surface area contributed by atoms with Crippen LogP contribution in [-0.4, -0.2) is 49.4 Å². The van der Waals surface area contributed by atoms with Gasteiger partial charge < -0.3 is 14.2 Å². The largest absolute Gasteiger partial charge is 0.382 e. The Morgan fingerprint density at radius 1 is 1.36 bits per heavy atom. The molecule has 0 spiro atoms. The minimum atomic E-state index is -0.271. The summed E-state index contributed by atoms with van der Waals surface area (Å²) in [6.45, 7) is 3.04. The van der Waals surface area contributed by atoms with Crippen LogP contribution < -0.4 is 0 Å². The summed E-state index contributed by atoms with van der Waals surface area (Å²) in [6.07, 6.45) is -0.0227. The molecule has 0 radical (unpaired) electrons. The predicted octanol–water partition coefficient (Wildman–Crippen LogP) is 2.10. The van der Waals surface area contributed by atoms with Gasteiger partial charge in [0.2, 0.25) is 0 Å². The van der Waals surface area contributed by atoms with Crippen LogP contribution in [0.1, 0.15) is 6.92 Å². The fourth-order valence-electron chi connectivity index (χ4n) is 0.777. The van der Waals surface area contributed by atoms with E-state index in [4.69, 9.17) is 25.8 Å². The van der Waals surface area contributed by atoms with Crippen LogP contribution in [0.2, 0.25) is 0 Å². The van der Waals surface area contributed by atoms with Crippen molar-refractivity contribution in [3.63, 3.8) is 0 Å². The average molecular weight is 337 g/mol. The Morgan fingerprint density at radius 3 is 2.36 bits per heavy atom. The summed E-state index contributed by atoms with van der Waals surface area (Å²) in [5.41, 5.74) is -0.271. The molecule has 86 valence electrons. The van der Waals surface area contributed by atoms with Crippen LogP contribution in [0.5, 0.6) is 0 Å². The number of alkyl halides is 2. The Hall–Kier alpha value is 0.900. The first-order valence-electron chi connectivity index (χ1n) is 4.39. The van der Waals surface area contributed by atoms with Crippen molar-refractivity contribution in [1.29, 1.82) is 0 Å². The van der Waals surface area contributed by atoms with E-state index < -0.39 is 0 Å². The molecule has 2 unspecified atom stereocenters. The highest BCUT2D eigenvalue weighted by molar-refractivity contribution is 14.1. The van der Waals surface area contributed by atoms with Crippen molar-refractivity contribution < 1.29 is 14.2 Å². The first-order valence-corrected chi connectivity index (χ1v) is 6.45. The SMILES string of the molecule is COCC(COC(C)(CCl)CI)OC. The lowest BCUT2D eigenvalue weighted by molar-refractivity contribution is -0.0752. The number of methoxy groups -OCH3 is 2. The molecule has 0 aromatic heterocycles. The number of ether oxygens (including phenoxy) is 3. The van der Waals surface area contributed by atoms with Crippen molar-refractivity contribution >= 4 is 34.2 Å². The second-order valence-electron chi connectivity index (χ2n) is 3.34. The zero-order chi connectivity index (χ0) is 11.0. The van der Waals surface area contributed by atoms with Crippen molar-refractivity contribution in [1.82, 2.24) is 0 Å². The third-order valence-corrected chi connectivity index (χ3v) is 4.05. The Morgan fingerprint density at radius 2 is 2.00 bits per heavy atom. The van der Waals surface area contributed by atoms with E-state index in [1.807, 2.05) is 6.92 Å². The molecule has 0 aliphatic heterocycles. The zero-order valence-electron chi connectivity index (χ0n) is 8.89. The third-order valence-electron chi connectivity index (χ3n) is 1.87. The molecule has 0 rings (SSSR count). The van der Waals surface area contributed by atoms with E-state index in [1.165, 1.54) is 0 Å². The summed E-state index contributed by atoms with van der Waals surface area (Å²) in [6, 6.07) is 0. The van der Waals surface area contributed by atoms with Gasteiger partial charge in [0.15, 0.2) is 0 Å². The Kier molecular flexibility index (Phi) is 8.62. The normalized spacial score (nSPS) is 17.8. The summed E-state index contributed by atoms with van der Waals surface area (Å²) in [5, 5.41) is 0. The van der Waals surface area contributed by atoms with Gasteiger partial charge in [-0.2, -0.15) is 0 Å². The Balaban J connectivity index is 3.87. The molecule has 0 N–H and O–H groups in total. The lowest BCUT2D eigenvalue weighted by atomic mass is 10.2. The van der Waals surface area contributed by atoms with Gasteiger partial charge in [0.1, 0.15) is 6.10 Å². The Bertz CT molecular complexity index is 142. The van der Waals surface area contributed by atoms with Crippen LogP contribution >= 0.6 is 34.2 Å². The van der Waals surface area contributed by atoms with E-state index >= 15 is 0 Å². The molecule has 5 heteroatoms. The van der Waals surface area contributed by atoms with Crippen molar-refractivity contribution in [2.24, 2.45) is 0 Å². The summed E-state index contributed by atoms with van der Waals surface area (Å²) < 4.78 is 16.7. The van der Waals surface area contributed by atoms with Crippen LogP contribution in [-0.2, 0) is 14.2 Å². The molecule has 0 saturated carbocycles. The lowest BCUT2D eigenvalue weighted by Gasteiger charge is -2.27. The monoisotopic (exact) mass is 336 g/mol. The van der Waals surface area contributed by atoms with E-state index in [2.05, 4.69) is 22.6 Å². The van der Waals surface area contributed by atoms with Gasteiger partial charge in [0.05, 0.1) is 24.7 Å². The van der Waals surface area contributed by atoms with Crippen LogP contribution in [0.4, 0.5) is 0 Å². The number of hydrogen-bond donors (Lipinski definition) is 0. The van der Waals surface area contributed by atoms with Gasteiger partial charge in [-0.15, -0.1) is 11.6 Å². The second kappa shape index (κ2) is 8.10. The topological polar surface area (TPSA) is 27.7 Å². The van der Waals surface area contributed by atoms with Crippen molar-refractivity contribution in [3.05, 3.63) is 0 Å². The first-order chi connectivity index (χ1) is 6.61. The minimum absolute atomic E-state index is 0.0227.